The van der Waals surface area contributed by atoms with Crippen LogP contribution in [0.4, 0.5) is 11.4 Å². The molecule has 0 aliphatic rings. The number of anilines is 2. The molecule has 4 heterocycles. The molecular formula is C67H49N5. The second-order valence-corrected chi connectivity index (χ2v) is 17.9. The van der Waals surface area contributed by atoms with Crippen molar-refractivity contribution in [3.05, 3.63) is 268 Å². The second kappa shape index (κ2) is 19.1. The van der Waals surface area contributed by atoms with E-state index in [4.69, 9.17) is 9.97 Å². The Morgan fingerprint density at radius 2 is 0.889 bits per heavy atom. The summed E-state index contributed by atoms with van der Waals surface area (Å²) in [7, 11) is 0. The molecule has 0 amide bonds. The van der Waals surface area contributed by atoms with Crippen molar-refractivity contribution in [2.45, 2.75) is 6.92 Å². The van der Waals surface area contributed by atoms with Gasteiger partial charge < -0.3 is 14.5 Å². The zero-order chi connectivity index (χ0) is 48.4. The Kier molecular flexibility index (Phi) is 11.6. The number of aromatic nitrogens is 4. The predicted molar refractivity (Wildman–Crippen MR) is 303 cm³/mol. The first-order valence-corrected chi connectivity index (χ1v) is 24.4. The minimum atomic E-state index is 0.900. The van der Waals surface area contributed by atoms with E-state index in [-0.39, 0.29) is 0 Å². The van der Waals surface area contributed by atoms with Crippen LogP contribution < -0.4 is 5.32 Å². The van der Waals surface area contributed by atoms with E-state index < -0.39 is 0 Å². The van der Waals surface area contributed by atoms with Gasteiger partial charge >= 0.3 is 0 Å². The normalized spacial score (nSPS) is 11.2. The molecule has 0 spiro atoms. The van der Waals surface area contributed by atoms with Gasteiger partial charge in [-0.1, -0.05) is 164 Å². The summed E-state index contributed by atoms with van der Waals surface area (Å²) in [5.74, 6) is 0. The third-order valence-electron chi connectivity index (χ3n) is 13.3. The quantitative estimate of drug-likeness (QED) is 0.147. The smallest absolute Gasteiger partial charge is 0.0937 e. The van der Waals surface area contributed by atoms with Gasteiger partial charge in [0.2, 0.25) is 0 Å². The van der Waals surface area contributed by atoms with Gasteiger partial charge in [0.15, 0.2) is 0 Å². The van der Waals surface area contributed by atoms with Crippen LogP contribution >= 0.6 is 0 Å². The molecule has 4 aromatic heterocycles. The van der Waals surface area contributed by atoms with Crippen molar-refractivity contribution in [1.29, 1.82) is 0 Å². The third-order valence-corrected chi connectivity index (χ3v) is 13.3. The zero-order valence-electron chi connectivity index (χ0n) is 39.8. The Bertz CT molecular complexity index is 4040. The van der Waals surface area contributed by atoms with E-state index in [1.807, 2.05) is 37.4 Å². The molecule has 0 radical (unpaired) electrons. The van der Waals surface area contributed by atoms with Crippen LogP contribution in [0.3, 0.4) is 0 Å². The first kappa shape index (κ1) is 43.7. The average molecular weight is 924 g/mol. The Hall–Kier alpha value is -9.58. The summed E-state index contributed by atoms with van der Waals surface area (Å²) in [5, 5.41) is 8.42. The number of hydrogen-bond acceptors (Lipinski definition) is 3. The number of pyridine rings is 2. The number of nitrogens with zero attached hydrogens (tertiary/aromatic N) is 4. The van der Waals surface area contributed by atoms with Crippen LogP contribution in [0.25, 0.3) is 111 Å². The van der Waals surface area contributed by atoms with E-state index in [1.165, 1.54) is 21.5 Å². The van der Waals surface area contributed by atoms with Gasteiger partial charge in [0.05, 0.1) is 44.8 Å². The molecule has 5 heteroatoms. The summed E-state index contributed by atoms with van der Waals surface area (Å²) >= 11 is 0. The summed E-state index contributed by atoms with van der Waals surface area (Å²) in [4.78, 5) is 10.2. The Morgan fingerprint density at radius 1 is 0.375 bits per heavy atom. The number of rotatable bonds is 9. The fraction of sp³-hybridized carbons (Fsp3) is 0.0149. The molecule has 0 saturated heterocycles. The highest BCUT2D eigenvalue weighted by Gasteiger charge is 2.18. The molecule has 0 bridgehead atoms. The minimum Gasteiger partial charge on any atom is -0.354 e. The predicted octanol–water partition coefficient (Wildman–Crippen LogP) is 17.9. The van der Waals surface area contributed by atoms with Crippen molar-refractivity contribution >= 4 is 55.0 Å². The lowest BCUT2D eigenvalue weighted by atomic mass is 10.00. The van der Waals surface area contributed by atoms with Crippen LogP contribution in [0.15, 0.2) is 268 Å². The number of allylic oxidation sites excluding steroid dienone is 1. The fourth-order valence-corrected chi connectivity index (χ4v) is 10.1. The van der Waals surface area contributed by atoms with E-state index in [1.54, 1.807) is 6.08 Å². The average Bonchev–Trinajstić information content (AvgIpc) is 3.96. The van der Waals surface area contributed by atoms with Crippen LogP contribution in [0.2, 0.25) is 0 Å². The first-order chi connectivity index (χ1) is 35.6. The lowest BCUT2D eigenvalue weighted by molar-refractivity contribution is 1.18. The highest BCUT2D eigenvalue weighted by Crippen LogP contribution is 2.40. The molecule has 0 unspecified atom stereocenters. The van der Waals surface area contributed by atoms with Crippen molar-refractivity contribution < 1.29 is 0 Å². The maximum absolute atomic E-state index is 5.29. The van der Waals surface area contributed by atoms with Crippen molar-refractivity contribution in [2.24, 2.45) is 0 Å². The van der Waals surface area contributed by atoms with E-state index in [0.717, 1.165) is 101 Å². The minimum absolute atomic E-state index is 0.900. The first-order valence-electron chi connectivity index (χ1n) is 24.4. The Labute approximate surface area is 419 Å². The van der Waals surface area contributed by atoms with Gasteiger partial charge in [0.1, 0.15) is 0 Å². The van der Waals surface area contributed by atoms with E-state index in [0.29, 0.717) is 0 Å². The third kappa shape index (κ3) is 8.19. The van der Waals surface area contributed by atoms with Crippen LogP contribution in [-0.2, 0) is 0 Å². The Balaban J connectivity index is 0.00000173. The second-order valence-electron chi connectivity index (χ2n) is 17.9. The zero-order valence-corrected chi connectivity index (χ0v) is 39.8. The lowest BCUT2D eigenvalue weighted by Gasteiger charge is -2.14. The van der Waals surface area contributed by atoms with Gasteiger partial charge in [-0.2, -0.15) is 0 Å². The summed E-state index contributed by atoms with van der Waals surface area (Å²) < 4.78 is 4.79. The topological polar surface area (TPSA) is 47.7 Å². The highest BCUT2D eigenvalue weighted by atomic mass is 15.0. The number of nitrogens with one attached hydrogen (secondary N) is 1. The van der Waals surface area contributed by atoms with Gasteiger partial charge in [-0.05, 0) is 120 Å². The molecular weight excluding hydrogens is 875 g/mol. The maximum atomic E-state index is 5.29. The molecule has 0 atom stereocenters. The Morgan fingerprint density at radius 3 is 1.60 bits per heavy atom. The van der Waals surface area contributed by atoms with Gasteiger partial charge in [-0.3, -0.25) is 4.98 Å². The van der Waals surface area contributed by atoms with Gasteiger partial charge in [0, 0.05) is 61.5 Å². The molecule has 342 valence electrons. The van der Waals surface area contributed by atoms with Gasteiger partial charge in [0.25, 0.3) is 0 Å². The maximum Gasteiger partial charge on any atom is 0.0937 e. The standard InChI is InChI=1S/C64H43N5.C3H6/c1-4-17-43(18-5-1)49-40-58(44-19-6-2-7-20-44)67-59(41-49)47-21-14-25-51(37-47)69-60-30-12-10-27-53(60)55-34-32-46(42-63(55)69)45-33-35-62-56(39-45)54-28-11-13-31-61(54)68(62)52-26-15-22-48(38-52)64-57(29-16-36-65-64)66-50-23-8-3-9-24-50;1-3-2/h1-42,66H;3H,1H2,2H3. The van der Waals surface area contributed by atoms with E-state index in [9.17, 15) is 0 Å². The number of benzene rings is 9. The number of hydrogen-bond donors (Lipinski definition) is 1. The highest BCUT2D eigenvalue weighted by molar-refractivity contribution is 6.12. The summed E-state index contributed by atoms with van der Waals surface area (Å²) in [6.07, 6.45) is 3.61. The molecule has 13 rings (SSSR count). The van der Waals surface area contributed by atoms with Crippen molar-refractivity contribution in [3.8, 4) is 67.4 Å². The fourth-order valence-electron chi connectivity index (χ4n) is 10.1. The van der Waals surface area contributed by atoms with Crippen LogP contribution in [-0.4, -0.2) is 19.1 Å². The van der Waals surface area contributed by atoms with E-state index in [2.05, 4.69) is 245 Å². The van der Waals surface area contributed by atoms with Crippen molar-refractivity contribution in [2.75, 3.05) is 5.32 Å². The largest absolute Gasteiger partial charge is 0.354 e. The lowest BCUT2D eigenvalue weighted by Crippen LogP contribution is -1.97. The molecule has 0 saturated carbocycles. The van der Waals surface area contributed by atoms with Crippen molar-refractivity contribution in [3.63, 3.8) is 0 Å². The van der Waals surface area contributed by atoms with E-state index >= 15 is 0 Å². The van der Waals surface area contributed by atoms with Gasteiger partial charge in [-0.15, -0.1) is 6.58 Å². The van der Waals surface area contributed by atoms with Crippen LogP contribution in [0.5, 0.6) is 0 Å². The monoisotopic (exact) mass is 923 g/mol. The summed E-state index contributed by atoms with van der Waals surface area (Å²) in [6.45, 7) is 5.25. The van der Waals surface area contributed by atoms with Crippen LogP contribution in [0.1, 0.15) is 6.92 Å². The molecule has 72 heavy (non-hydrogen) atoms. The molecule has 5 nitrogen and oxygen atoms in total. The molecule has 9 aromatic carbocycles. The van der Waals surface area contributed by atoms with Gasteiger partial charge in [-0.25, -0.2) is 4.98 Å². The molecule has 0 aliphatic heterocycles. The number of fused-ring (bicyclic) bond motifs is 6. The molecule has 0 aliphatic carbocycles. The molecule has 13 aromatic rings. The SMILES string of the molecule is C=CC.c1ccc(Nc2cccnc2-c2cccc(-n3c4ccccc4c4cc(-c5ccc6c7ccccc7n(-c7cccc(-c8cc(-c9ccccc9)cc(-c9ccccc9)n8)c7)c6c5)ccc43)c2)cc1. The molecule has 0 fully saturated rings. The molecule has 1 N–H and O–H groups in total. The summed E-state index contributed by atoms with van der Waals surface area (Å²) in [6, 6.07) is 88.6. The number of para-hydroxylation sites is 3. The summed E-state index contributed by atoms with van der Waals surface area (Å²) in [5.41, 5.74) is 19.3. The van der Waals surface area contributed by atoms with Crippen LogP contribution in [0, 0.1) is 0 Å². The van der Waals surface area contributed by atoms with Crippen molar-refractivity contribution in [1.82, 2.24) is 19.1 Å².